The molecule has 0 saturated heterocycles. The molecule has 0 fully saturated rings. The summed E-state index contributed by atoms with van der Waals surface area (Å²) in [7, 11) is 0. The van der Waals surface area contributed by atoms with Gasteiger partial charge in [0.15, 0.2) is 0 Å². The highest BCUT2D eigenvalue weighted by molar-refractivity contribution is 7.99. The topological polar surface area (TPSA) is 0 Å². The van der Waals surface area contributed by atoms with Crippen LogP contribution in [0.25, 0.3) is 0 Å². The van der Waals surface area contributed by atoms with Crippen molar-refractivity contribution in [1.82, 2.24) is 0 Å². The van der Waals surface area contributed by atoms with Gasteiger partial charge in [0.05, 0.1) is 0 Å². The molecule has 1 heteroatoms. The monoisotopic (exact) mass is 146 g/mol. The minimum Gasteiger partial charge on any atom is -0.162 e. The molecule has 0 spiro atoms. The van der Waals surface area contributed by atoms with Crippen molar-refractivity contribution in [3.05, 3.63) is 0 Å². The van der Waals surface area contributed by atoms with Gasteiger partial charge in [-0.15, -0.1) is 0 Å². The van der Waals surface area contributed by atoms with Crippen molar-refractivity contribution in [3.63, 3.8) is 0 Å². The summed E-state index contributed by atoms with van der Waals surface area (Å²) in [4.78, 5) is 0. The summed E-state index contributed by atoms with van der Waals surface area (Å²) in [5, 5.41) is 0.854. The van der Waals surface area contributed by atoms with Crippen LogP contribution < -0.4 is 0 Å². The van der Waals surface area contributed by atoms with Crippen LogP contribution in [-0.4, -0.2) is 11.5 Å². The first-order valence-corrected chi connectivity index (χ1v) is 4.98. The first kappa shape index (κ1) is 9.35. The summed E-state index contributed by atoms with van der Waals surface area (Å²) in [6.45, 7) is 6.87. The minimum absolute atomic E-state index is 0.854. The van der Waals surface area contributed by atoms with Gasteiger partial charge in [-0.25, -0.2) is 0 Å². The Bertz CT molecular complexity index is 59.6. The van der Waals surface area contributed by atoms with Gasteiger partial charge in [-0.2, -0.15) is 11.8 Å². The van der Waals surface area contributed by atoms with Crippen LogP contribution in [0.2, 0.25) is 0 Å². The lowest BCUT2D eigenvalue weighted by molar-refractivity contribution is 0.555. The van der Waals surface area contributed by atoms with Gasteiger partial charge in [0, 0.05) is 5.25 Å². The van der Waals surface area contributed by atoms with Gasteiger partial charge >= 0.3 is 0 Å². The highest BCUT2D eigenvalue weighted by Crippen LogP contribution is 2.15. The summed E-state index contributed by atoms with van der Waals surface area (Å²) in [6.07, 6.45) is 4.94. The average Bonchev–Trinajstić information content (AvgIpc) is 1.83. The zero-order valence-corrected chi connectivity index (χ0v) is 7.79. The van der Waals surface area contributed by atoms with Gasteiger partial charge in [0.2, 0.25) is 0 Å². The van der Waals surface area contributed by atoms with Crippen LogP contribution in [0.5, 0.6) is 0 Å². The Hall–Kier alpha value is 0.350. The van der Waals surface area contributed by atoms with E-state index in [9.17, 15) is 0 Å². The minimum atomic E-state index is 0.854. The molecule has 0 aromatic rings. The van der Waals surface area contributed by atoms with Crippen molar-refractivity contribution in [2.75, 3.05) is 6.26 Å². The van der Waals surface area contributed by atoms with Crippen LogP contribution in [0.1, 0.15) is 33.6 Å². The Labute approximate surface area is 63.4 Å². The predicted octanol–water partition coefficient (Wildman–Crippen LogP) is 3.17. The Morgan fingerprint density at radius 3 is 2.00 bits per heavy atom. The molecule has 0 N–H and O–H groups in total. The van der Waals surface area contributed by atoms with Crippen LogP contribution in [0.3, 0.4) is 0 Å². The fourth-order valence-corrected chi connectivity index (χ4v) is 1.06. The molecule has 0 nitrogen and oxygen atoms in total. The molecule has 56 valence electrons. The Morgan fingerprint density at radius 2 is 1.67 bits per heavy atom. The van der Waals surface area contributed by atoms with Gasteiger partial charge in [0.25, 0.3) is 0 Å². The van der Waals surface area contributed by atoms with E-state index in [1.807, 2.05) is 11.8 Å². The molecule has 0 amide bonds. The van der Waals surface area contributed by atoms with E-state index < -0.39 is 0 Å². The summed E-state index contributed by atoms with van der Waals surface area (Å²) < 4.78 is 0. The maximum absolute atomic E-state index is 2.30. The largest absolute Gasteiger partial charge is 0.162 e. The number of hydrogen-bond donors (Lipinski definition) is 0. The maximum Gasteiger partial charge on any atom is 0.00160 e. The second-order valence-electron chi connectivity index (χ2n) is 3.02. The van der Waals surface area contributed by atoms with E-state index in [1.54, 1.807) is 0 Å². The molecule has 0 aromatic carbocycles. The second-order valence-corrected chi connectivity index (χ2v) is 4.29. The van der Waals surface area contributed by atoms with Crippen molar-refractivity contribution in [3.8, 4) is 0 Å². The third-order valence-corrected chi connectivity index (χ3v) is 2.59. The predicted molar refractivity (Wildman–Crippen MR) is 47.0 cm³/mol. The van der Waals surface area contributed by atoms with Crippen molar-refractivity contribution >= 4 is 11.8 Å². The Balaban J connectivity index is 3.06. The van der Waals surface area contributed by atoms with Crippen LogP contribution >= 0.6 is 11.8 Å². The van der Waals surface area contributed by atoms with E-state index >= 15 is 0 Å². The van der Waals surface area contributed by atoms with Crippen LogP contribution in [-0.2, 0) is 0 Å². The number of thioether (sulfide) groups is 1. The molecule has 0 aliphatic rings. The Kier molecular flexibility index (Phi) is 5.36. The lowest BCUT2D eigenvalue weighted by Gasteiger charge is -2.08. The van der Waals surface area contributed by atoms with Crippen LogP contribution in [0, 0.1) is 5.92 Å². The lowest BCUT2D eigenvalue weighted by Crippen LogP contribution is -1.97. The third kappa shape index (κ3) is 6.23. The highest BCUT2D eigenvalue weighted by atomic mass is 32.2. The van der Waals surface area contributed by atoms with Crippen LogP contribution in [0.15, 0.2) is 0 Å². The van der Waals surface area contributed by atoms with Gasteiger partial charge in [-0.05, 0) is 25.0 Å². The molecule has 0 aromatic heterocycles. The number of rotatable bonds is 4. The fourth-order valence-electron chi connectivity index (χ4n) is 0.686. The molecule has 0 aliphatic heterocycles. The van der Waals surface area contributed by atoms with Gasteiger partial charge in [-0.3, -0.25) is 0 Å². The normalized spacial score (nSPS) is 14.3. The molecule has 0 radical (unpaired) electrons. The summed E-state index contributed by atoms with van der Waals surface area (Å²) >= 11 is 1.97. The van der Waals surface area contributed by atoms with Crippen molar-refractivity contribution in [2.24, 2.45) is 5.92 Å². The second kappa shape index (κ2) is 5.16. The van der Waals surface area contributed by atoms with E-state index in [0.717, 1.165) is 11.2 Å². The zero-order valence-electron chi connectivity index (χ0n) is 6.98. The van der Waals surface area contributed by atoms with E-state index in [4.69, 9.17) is 0 Å². The van der Waals surface area contributed by atoms with E-state index in [-0.39, 0.29) is 0 Å². The maximum atomic E-state index is 2.30. The van der Waals surface area contributed by atoms with Gasteiger partial charge < -0.3 is 0 Å². The molecule has 0 aliphatic carbocycles. The molecule has 0 heterocycles. The average molecular weight is 146 g/mol. The molecular formula is C8H18S. The quantitative estimate of drug-likeness (QED) is 0.587. The number of hydrogen-bond acceptors (Lipinski definition) is 1. The summed E-state index contributed by atoms with van der Waals surface area (Å²) in [5.74, 6) is 0.875. The first-order valence-electron chi connectivity index (χ1n) is 3.69. The summed E-state index contributed by atoms with van der Waals surface area (Å²) in [5.41, 5.74) is 0. The highest BCUT2D eigenvalue weighted by Gasteiger charge is 1.99. The lowest BCUT2D eigenvalue weighted by atomic mass is 10.1. The first-order chi connectivity index (χ1) is 4.16. The zero-order chi connectivity index (χ0) is 7.28. The molecule has 0 saturated carbocycles. The molecule has 0 bridgehead atoms. The van der Waals surface area contributed by atoms with Crippen molar-refractivity contribution < 1.29 is 0 Å². The van der Waals surface area contributed by atoms with Gasteiger partial charge in [-0.1, -0.05) is 20.8 Å². The van der Waals surface area contributed by atoms with Gasteiger partial charge in [0.1, 0.15) is 0 Å². The SMILES string of the molecule is CSC(C)CCC(C)C. The molecular weight excluding hydrogens is 128 g/mol. The molecule has 9 heavy (non-hydrogen) atoms. The summed E-state index contributed by atoms with van der Waals surface area (Å²) in [6, 6.07) is 0. The Morgan fingerprint density at radius 1 is 1.11 bits per heavy atom. The van der Waals surface area contributed by atoms with E-state index in [1.165, 1.54) is 12.8 Å². The van der Waals surface area contributed by atoms with E-state index in [2.05, 4.69) is 27.0 Å². The van der Waals surface area contributed by atoms with Crippen molar-refractivity contribution in [2.45, 2.75) is 38.9 Å². The molecule has 1 unspecified atom stereocenters. The fraction of sp³-hybridized carbons (Fsp3) is 1.00. The van der Waals surface area contributed by atoms with E-state index in [0.29, 0.717) is 0 Å². The molecule has 1 atom stereocenters. The third-order valence-electron chi connectivity index (χ3n) is 1.55. The van der Waals surface area contributed by atoms with Crippen LogP contribution in [0.4, 0.5) is 0 Å². The molecule has 0 rings (SSSR count). The van der Waals surface area contributed by atoms with Crippen molar-refractivity contribution in [1.29, 1.82) is 0 Å². The standard InChI is InChI=1S/C8H18S/c1-7(2)5-6-8(3)9-4/h7-8H,5-6H2,1-4H3. The smallest absolute Gasteiger partial charge is 0.00160 e.